The van der Waals surface area contributed by atoms with Crippen molar-refractivity contribution in [1.29, 1.82) is 0 Å². The molecule has 1 N–H and O–H groups in total. The molecule has 22 heavy (non-hydrogen) atoms. The lowest BCUT2D eigenvalue weighted by Crippen LogP contribution is -2.25. The van der Waals surface area contributed by atoms with Gasteiger partial charge in [0.05, 0.1) is 12.1 Å². The Morgan fingerprint density at radius 2 is 2.00 bits per heavy atom. The third kappa shape index (κ3) is 3.73. The Kier molecular flexibility index (Phi) is 5.69. The van der Waals surface area contributed by atoms with Crippen LogP contribution >= 0.6 is 18.6 Å². The highest BCUT2D eigenvalue weighted by molar-refractivity contribution is 8.11. The van der Waals surface area contributed by atoms with Gasteiger partial charge in [0.25, 0.3) is 0 Å². The van der Waals surface area contributed by atoms with Gasteiger partial charge in [-0.1, -0.05) is 30.3 Å². The second-order valence-electron chi connectivity index (χ2n) is 5.19. The Hall–Kier alpha value is -0.850. The number of nitrogens with zero attached hydrogens (tertiary/aromatic N) is 3. The summed E-state index contributed by atoms with van der Waals surface area (Å²) in [4.78, 5) is 0. The van der Waals surface area contributed by atoms with Crippen LogP contribution in [0.25, 0.3) is 0 Å². The average Bonchev–Trinajstić information content (AvgIpc) is 2.88. The number of aromatic nitrogens is 3. The molecule has 5 nitrogen and oxygen atoms in total. The molecule has 1 aromatic carbocycles. The summed E-state index contributed by atoms with van der Waals surface area (Å²) in [5.74, 6) is 0. The van der Waals surface area contributed by atoms with Gasteiger partial charge in [-0.05, 0) is 42.9 Å². The van der Waals surface area contributed by atoms with Crippen LogP contribution in [0.1, 0.15) is 18.5 Å². The van der Waals surface area contributed by atoms with Crippen molar-refractivity contribution in [3.8, 4) is 0 Å². The van der Waals surface area contributed by atoms with Crippen LogP contribution in [-0.2, 0) is 22.8 Å². The monoisotopic (exact) mass is 357 g/mol. The zero-order chi connectivity index (χ0) is 16.3. The van der Waals surface area contributed by atoms with Crippen LogP contribution in [0.5, 0.6) is 0 Å². The highest BCUT2D eigenvalue weighted by Crippen LogP contribution is 2.43. The van der Waals surface area contributed by atoms with E-state index in [1.165, 1.54) is 0 Å². The van der Waals surface area contributed by atoms with Gasteiger partial charge in [-0.3, -0.25) is 4.34 Å². The van der Waals surface area contributed by atoms with Crippen LogP contribution in [-0.4, -0.2) is 39.1 Å². The standard InChI is InChI=1S/C14H20N3O2PS2/c1-11(18)13(9-12-7-5-4-6-8-12)17-14(21)16(10-15-17)20(3,22)19-2/h4-8,10-11,13,18H,9H2,1-3H3. The number of aliphatic hydroxyl groups is 1. The van der Waals surface area contributed by atoms with E-state index in [2.05, 4.69) is 5.10 Å². The molecule has 3 unspecified atom stereocenters. The fourth-order valence-corrected chi connectivity index (χ4v) is 4.21. The molecule has 0 aliphatic rings. The minimum absolute atomic E-state index is 0.247. The summed E-state index contributed by atoms with van der Waals surface area (Å²) in [6, 6.07) is 9.71. The van der Waals surface area contributed by atoms with Gasteiger partial charge < -0.3 is 9.63 Å². The molecule has 1 heterocycles. The maximum atomic E-state index is 10.2. The van der Waals surface area contributed by atoms with Gasteiger partial charge in [-0.15, -0.1) is 0 Å². The summed E-state index contributed by atoms with van der Waals surface area (Å²) in [7, 11) is 1.58. The second kappa shape index (κ2) is 7.15. The van der Waals surface area contributed by atoms with Crippen molar-refractivity contribution in [2.75, 3.05) is 13.8 Å². The number of hydrogen-bond donors (Lipinski definition) is 1. The molecular weight excluding hydrogens is 337 g/mol. The topological polar surface area (TPSA) is 52.2 Å². The van der Waals surface area contributed by atoms with Gasteiger partial charge in [-0.25, -0.2) is 4.68 Å². The Labute approximate surface area is 140 Å². The summed E-state index contributed by atoms with van der Waals surface area (Å²) >= 11 is 10.9. The van der Waals surface area contributed by atoms with Gasteiger partial charge in [-0.2, -0.15) is 5.10 Å². The van der Waals surface area contributed by atoms with Crippen LogP contribution in [0.3, 0.4) is 0 Å². The van der Waals surface area contributed by atoms with E-state index in [1.54, 1.807) is 29.4 Å². The summed E-state index contributed by atoms with van der Waals surface area (Å²) in [5, 5.41) is 14.5. The molecule has 0 amide bonds. The third-order valence-electron chi connectivity index (χ3n) is 3.57. The molecule has 0 saturated carbocycles. The van der Waals surface area contributed by atoms with Crippen molar-refractivity contribution in [3.63, 3.8) is 0 Å². The van der Waals surface area contributed by atoms with Crippen LogP contribution in [0.15, 0.2) is 36.7 Å². The third-order valence-corrected chi connectivity index (χ3v) is 6.81. The minimum atomic E-state index is -2.21. The maximum absolute atomic E-state index is 10.2. The largest absolute Gasteiger partial charge is 0.391 e. The summed E-state index contributed by atoms with van der Waals surface area (Å²) in [6.07, 6.45) is -0.558. The Morgan fingerprint density at radius 1 is 1.36 bits per heavy atom. The molecule has 0 bridgehead atoms. The Bertz CT molecular complexity index is 727. The van der Waals surface area contributed by atoms with Gasteiger partial charge in [0.15, 0.2) is 6.42 Å². The van der Waals surface area contributed by atoms with Crippen LogP contribution in [0.2, 0.25) is 0 Å². The van der Waals surface area contributed by atoms with Gasteiger partial charge in [0.1, 0.15) is 6.33 Å². The van der Waals surface area contributed by atoms with E-state index in [0.717, 1.165) is 5.56 Å². The highest BCUT2D eigenvalue weighted by atomic mass is 32.4. The number of benzene rings is 1. The fourth-order valence-electron chi connectivity index (χ4n) is 2.19. The molecule has 120 valence electrons. The molecule has 0 radical (unpaired) electrons. The molecule has 0 aliphatic heterocycles. The Morgan fingerprint density at radius 3 is 2.55 bits per heavy atom. The fraction of sp³-hybridized carbons (Fsp3) is 0.429. The molecule has 0 fully saturated rings. The van der Waals surface area contributed by atoms with Crippen molar-refractivity contribution in [1.82, 2.24) is 14.1 Å². The first-order valence-corrected chi connectivity index (χ1v) is 10.4. The predicted molar refractivity (Wildman–Crippen MR) is 94.5 cm³/mol. The predicted octanol–water partition coefficient (Wildman–Crippen LogP) is 3.01. The van der Waals surface area contributed by atoms with Gasteiger partial charge >= 0.3 is 0 Å². The first kappa shape index (κ1) is 17.5. The quantitative estimate of drug-likeness (QED) is 0.636. The first-order chi connectivity index (χ1) is 10.4. The molecule has 1 aromatic heterocycles. The first-order valence-electron chi connectivity index (χ1n) is 6.89. The SMILES string of the molecule is COP(C)(=S)n1cnn(C(Cc2ccccc2)C(C)O)c1=S. The normalized spacial score (nSPS) is 16.9. The summed E-state index contributed by atoms with van der Waals surface area (Å²) < 4.78 is 9.25. The lowest BCUT2D eigenvalue weighted by Gasteiger charge is -2.21. The van der Waals surface area contributed by atoms with Crippen molar-refractivity contribution < 1.29 is 9.63 Å². The van der Waals surface area contributed by atoms with Gasteiger partial charge in [0.2, 0.25) is 4.77 Å². The molecule has 8 heteroatoms. The van der Waals surface area contributed by atoms with E-state index < -0.39 is 12.5 Å². The lowest BCUT2D eigenvalue weighted by molar-refractivity contribution is 0.121. The molecule has 0 saturated heterocycles. The second-order valence-corrected chi connectivity index (χ2v) is 9.99. The molecule has 0 spiro atoms. The van der Waals surface area contributed by atoms with Gasteiger partial charge in [0, 0.05) is 13.8 Å². The zero-order valence-electron chi connectivity index (χ0n) is 12.8. The summed E-state index contributed by atoms with van der Waals surface area (Å²) in [6.45, 7) is 3.59. The van der Waals surface area contributed by atoms with E-state index in [1.807, 2.05) is 37.0 Å². The van der Waals surface area contributed by atoms with E-state index in [0.29, 0.717) is 11.2 Å². The van der Waals surface area contributed by atoms with E-state index in [9.17, 15) is 5.11 Å². The lowest BCUT2D eigenvalue weighted by atomic mass is 10.0. The Balaban J connectivity index is 2.39. The van der Waals surface area contributed by atoms with Crippen molar-refractivity contribution in [2.45, 2.75) is 25.5 Å². The van der Waals surface area contributed by atoms with E-state index in [4.69, 9.17) is 28.5 Å². The summed E-state index contributed by atoms with van der Waals surface area (Å²) in [5.41, 5.74) is 1.12. The molecular formula is C14H20N3O2PS2. The number of aliphatic hydroxyl groups excluding tert-OH is 1. The maximum Gasteiger partial charge on any atom is 0.203 e. The molecule has 0 aliphatic carbocycles. The molecule has 2 rings (SSSR count). The highest BCUT2D eigenvalue weighted by Gasteiger charge is 2.23. The van der Waals surface area contributed by atoms with Crippen molar-refractivity contribution >= 4 is 30.4 Å². The average molecular weight is 357 g/mol. The van der Waals surface area contributed by atoms with Crippen molar-refractivity contribution in [3.05, 3.63) is 47.0 Å². The molecule has 3 atom stereocenters. The number of hydrogen-bond acceptors (Lipinski definition) is 5. The smallest absolute Gasteiger partial charge is 0.203 e. The minimum Gasteiger partial charge on any atom is -0.391 e. The van der Waals surface area contributed by atoms with Crippen LogP contribution in [0, 0.1) is 4.77 Å². The van der Waals surface area contributed by atoms with E-state index >= 15 is 0 Å². The van der Waals surface area contributed by atoms with Crippen LogP contribution in [0.4, 0.5) is 0 Å². The zero-order valence-corrected chi connectivity index (χ0v) is 15.3. The van der Waals surface area contributed by atoms with Crippen LogP contribution < -0.4 is 0 Å². The number of rotatable bonds is 6. The molecule has 2 aromatic rings. The van der Waals surface area contributed by atoms with Crippen molar-refractivity contribution in [2.24, 2.45) is 0 Å². The van der Waals surface area contributed by atoms with E-state index in [-0.39, 0.29) is 6.04 Å².